The van der Waals surface area contributed by atoms with E-state index >= 15 is 0 Å². The zero-order chi connectivity index (χ0) is 12.6. The summed E-state index contributed by atoms with van der Waals surface area (Å²) in [6.07, 6.45) is 1.65. The average Bonchev–Trinajstić information content (AvgIpc) is 2.24. The maximum Gasteiger partial charge on any atom is 0.223 e. The number of carbonyl (C=O) groups is 1. The van der Waals surface area contributed by atoms with Gasteiger partial charge in [0.25, 0.3) is 0 Å². The molecule has 0 aliphatic rings. The van der Waals surface area contributed by atoms with Crippen molar-refractivity contribution in [3.05, 3.63) is 0 Å². The molecular formula is C11H24N2OS2. The molecule has 5 heteroatoms. The van der Waals surface area contributed by atoms with Crippen LogP contribution in [0.3, 0.4) is 0 Å². The molecule has 96 valence electrons. The van der Waals surface area contributed by atoms with Crippen molar-refractivity contribution in [2.75, 3.05) is 32.1 Å². The van der Waals surface area contributed by atoms with Crippen molar-refractivity contribution >= 4 is 31.2 Å². The third-order valence-electron chi connectivity index (χ3n) is 2.78. The summed E-state index contributed by atoms with van der Waals surface area (Å²) in [5.74, 6) is 1.69. The molecule has 1 amide bonds. The number of likely N-dealkylation sites (N-methyl/N-ethyl adjacent to an activating group) is 1. The Morgan fingerprint density at radius 3 is 2.12 bits per heavy atom. The van der Waals surface area contributed by atoms with Crippen molar-refractivity contribution in [2.24, 2.45) is 5.92 Å². The van der Waals surface area contributed by atoms with Crippen LogP contribution in [-0.2, 0) is 4.79 Å². The summed E-state index contributed by atoms with van der Waals surface area (Å²) in [5.41, 5.74) is 0. The van der Waals surface area contributed by atoms with Crippen molar-refractivity contribution in [3.8, 4) is 0 Å². The van der Waals surface area contributed by atoms with Crippen LogP contribution in [0.4, 0.5) is 0 Å². The number of amides is 1. The lowest BCUT2D eigenvalue weighted by Crippen LogP contribution is -2.40. The van der Waals surface area contributed by atoms with E-state index < -0.39 is 0 Å². The molecule has 16 heavy (non-hydrogen) atoms. The molecule has 0 aliphatic carbocycles. The molecule has 0 aliphatic heterocycles. The van der Waals surface area contributed by atoms with E-state index in [2.05, 4.69) is 42.4 Å². The van der Waals surface area contributed by atoms with Gasteiger partial charge in [0, 0.05) is 18.5 Å². The number of nitrogens with one attached hydrogen (secondary N) is 1. The van der Waals surface area contributed by atoms with E-state index in [4.69, 9.17) is 0 Å². The van der Waals surface area contributed by atoms with Gasteiger partial charge >= 0.3 is 0 Å². The minimum Gasteiger partial charge on any atom is -0.354 e. The summed E-state index contributed by atoms with van der Waals surface area (Å²) in [5, 5.41) is 2.98. The molecule has 0 saturated carbocycles. The third kappa shape index (κ3) is 6.66. The van der Waals surface area contributed by atoms with E-state index in [0.717, 1.165) is 24.3 Å². The zero-order valence-electron chi connectivity index (χ0n) is 10.4. The molecule has 0 rings (SSSR count). The summed E-state index contributed by atoms with van der Waals surface area (Å²) in [6.45, 7) is 2.79. The van der Waals surface area contributed by atoms with Crippen LogP contribution in [0.1, 0.15) is 19.8 Å². The highest BCUT2D eigenvalue weighted by molar-refractivity contribution is 7.80. The number of carbonyl (C=O) groups excluding carboxylic acids is 1. The van der Waals surface area contributed by atoms with Gasteiger partial charge in [-0.25, -0.2) is 0 Å². The zero-order valence-corrected chi connectivity index (χ0v) is 12.2. The maximum atomic E-state index is 11.9. The molecule has 0 aromatic heterocycles. The molecule has 1 N–H and O–H groups in total. The first kappa shape index (κ1) is 16.1. The molecular weight excluding hydrogens is 240 g/mol. The van der Waals surface area contributed by atoms with Crippen LogP contribution in [0.25, 0.3) is 0 Å². The second-order valence-electron chi connectivity index (χ2n) is 4.28. The topological polar surface area (TPSA) is 32.3 Å². The van der Waals surface area contributed by atoms with Crippen LogP contribution in [0, 0.1) is 5.92 Å². The minimum atomic E-state index is 0.0596. The number of thiol groups is 2. The van der Waals surface area contributed by atoms with E-state index in [1.807, 2.05) is 14.1 Å². The predicted octanol–water partition coefficient (Wildman–Crippen LogP) is 1.31. The lowest BCUT2D eigenvalue weighted by Gasteiger charge is -2.22. The Morgan fingerprint density at radius 2 is 1.75 bits per heavy atom. The second-order valence-corrected chi connectivity index (χ2v) is 5.17. The first-order valence-electron chi connectivity index (χ1n) is 5.68. The fourth-order valence-electron chi connectivity index (χ4n) is 1.29. The predicted molar refractivity (Wildman–Crippen MR) is 76.6 cm³/mol. The lowest BCUT2D eigenvalue weighted by molar-refractivity contribution is -0.125. The Bertz CT molecular complexity index is 194. The summed E-state index contributed by atoms with van der Waals surface area (Å²) >= 11 is 8.35. The maximum absolute atomic E-state index is 11.9. The Labute approximate surface area is 110 Å². The Balaban J connectivity index is 3.99. The summed E-state index contributed by atoms with van der Waals surface area (Å²) in [4.78, 5) is 13.9. The van der Waals surface area contributed by atoms with Gasteiger partial charge in [-0.3, -0.25) is 4.79 Å². The van der Waals surface area contributed by atoms with Crippen molar-refractivity contribution in [2.45, 2.75) is 25.8 Å². The third-order valence-corrected chi connectivity index (χ3v) is 3.30. The molecule has 0 spiro atoms. The smallest absolute Gasteiger partial charge is 0.223 e. The number of hydrogen-bond donors (Lipinski definition) is 3. The molecule has 0 bridgehead atoms. The molecule has 3 nitrogen and oxygen atoms in total. The molecule has 0 fully saturated rings. The molecule has 0 saturated heterocycles. The fourth-order valence-corrected chi connectivity index (χ4v) is 1.92. The first-order valence-corrected chi connectivity index (χ1v) is 6.95. The van der Waals surface area contributed by atoms with Gasteiger partial charge in [-0.1, -0.05) is 0 Å². The first-order chi connectivity index (χ1) is 7.52. The highest BCUT2D eigenvalue weighted by Crippen LogP contribution is 2.10. The van der Waals surface area contributed by atoms with Crippen molar-refractivity contribution in [1.29, 1.82) is 0 Å². The van der Waals surface area contributed by atoms with Gasteiger partial charge in [-0.05, 0) is 45.4 Å². The quantitative estimate of drug-likeness (QED) is 0.578. The average molecular weight is 264 g/mol. The van der Waals surface area contributed by atoms with Gasteiger partial charge in [0.15, 0.2) is 0 Å². The van der Waals surface area contributed by atoms with Gasteiger partial charge < -0.3 is 10.2 Å². The van der Waals surface area contributed by atoms with Crippen LogP contribution in [0.2, 0.25) is 0 Å². The lowest BCUT2D eigenvalue weighted by atomic mass is 10.0. The van der Waals surface area contributed by atoms with Crippen molar-refractivity contribution < 1.29 is 4.79 Å². The Kier molecular flexibility index (Phi) is 9.26. The van der Waals surface area contributed by atoms with E-state index in [1.165, 1.54) is 0 Å². The number of rotatable bonds is 8. The monoisotopic (exact) mass is 264 g/mol. The van der Waals surface area contributed by atoms with Gasteiger partial charge in [-0.15, -0.1) is 0 Å². The highest BCUT2D eigenvalue weighted by atomic mass is 32.1. The van der Waals surface area contributed by atoms with E-state index in [-0.39, 0.29) is 11.8 Å². The summed E-state index contributed by atoms with van der Waals surface area (Å²) in [6, 6.07) is 0.358. The van der Waals surface area contributed by atoms with Crippen LogP contribution < -0.4 is 5.32 Å². The van der Waals surface area contributed by atoms with Crippen LogP contribution >= 0.6 is 25.3 Å². The normalized spacial score (nSPS) is 13.2. The standard InChI is InChI=1S/C11H24N2OS2/c1-9(13(2)3)8-12-11(14)10(4-6-15)5-7-16/h9-10,15-16H,4-8H2,1-3H3,(H,12,14). The molecule has 0 aromatic carbocycles. The Morgan fingerprint density at radius 1 is 1.25 bits per heavy atom. The van der Waals surface area contributed by atoms with Gasteiger partial charge in [0.2, 0.25) is 5.91 Å². The van der Waals surface area contributed by atoms with Gasteiger partial charge in [-0.2, -0.15) is 25.3 Å². The van der Waals surface area contributed by atoms with Gasteiger partial charge in [0.1, 0.15) is 0 Å². The van der Waals surface area contributed by atoms with E-state index in [0.29, 0.717) is 12.6 Å². The number of hydrogen-bond acceptors (Lipinski definition) is 4. The molecule has 1 unspecified atom stereocenters. The van der Waals surface area contributed by atoms with Crippen LogP contribution in [0.15, 0.2) is 0 Å². The van der Waals surface area contributed by atoms with Crippen LogP contribution in [-0.4, -0.2) is 49.0 Å². The van der Waals surface area contributed by atoms with E-state index in [9.17, 15) is 4.79 Å². The molecule has 0 heterocycles. The number of nitrogens with zero attached hydrogens (tertiary/aromatic N) is 1. The summed E-state index contributed by atoms with van der Waals surface area (Å²) < 4.78 is 0. The molecule has 1 atom stereocenters. The van der Waals surface area contributed by atoms with Gasteiger partial charge in [0.05, 0.1) is 0 Å². The SMILES string of the molecule is CC(CNC(=O)C(CCS)CCS)N(C)C. The van der Waals surface area contributed by atoms with Crippen molar-refractivity contribution in [1.82, 2.24) is 10.2 Å². The largest absolute Gasteiger partial charge is 0.354 e. The molecule has 0 radical (unpaired) electrons. The van der Waals surface area contributed by atoms with E-state index in [1.54, 1.807) is 0 Å². The second kappa shape index (κ2) is 9.19. The minimum absolute atomic E-state index is 0.0596. The molecule has 0 aromatic rings. The summed E-state index contributed by atoms with van der Waals surface area (Å²) in [7, 11) is 4.02. The Hall–Kier alpha value is 0.130. The van der Waals surface area contributed by atoms with Crippen molar-refractivity contribution in [3.63, 3.8) is 0 Å². The van der Waals surface area contributed by atoms with Crippen LogP contribution in [0.5, 0.6) is 0 Å². The fraction of sp³-hybridized carbons (Fsp3) is 0.909. The highest BCUT2D eigenvalue weighted by Gasteiger charge is 2.17.